The predicted octanol–water partition coefficient (Wildman–Crippen LogP) is 3.76. The van der Waals surface area contributed by atoms with Crippen LogP contribution >= 0.6 is 11.6 Å². The average molecular weight is 347 g/mol. The number of benzene rings is 2. The predicted molar refractivity (Wildman–Crippen MR) is 88.6 cm³/mol. The van der Waals surface area contributed by atoms with Crippen molar-refractivity contribution >= 4 is 40.1 Å². The Morgan fingerprint density at radius 3 is 2.71 bits per heavy atom. The van der Waals surface area contributed by atoms with Gasteiger partial charge in [0.25, 0.3) is 5.91 Å². The second kappa shape index (κ2) is 6.72. The minimum atomic E-state index is -0.647. The van der Waals surface area contributed by atoms with Crippen molar-refractivity contribution in [1.29, 1.82) is 0 Å². The first-order valence-corrected chi connectivity index (χ1v) is 7.40. The zero-order valence-electron chi connectivity index (χ0n) is 12.3. The van der Waals surface area contributed by atoms with Crippen molar-refractivity contribution in [2.24, 2.45) is 0 Å². The van der Waals surface area contributed by atoms with Gasteiger partial charge in [-0.15, -0.1) is 0 Å². The van der Waals surface area contributed by atoms with E-state index in [-0.39, 0.29) is 16.4 Å². The average Bonchev–Trinajstić information content (AvgIpc) is 2.99. The first-order valence-electron chi connectivity index (χ1n) is 7.03. The van der Waals surface area contributed by atoms with Gasteiger partial charge in [0.15, 0.2) is 6.61 Å². The molecule has 0 aliphatic rings. The fourth-order valence-corrected chi connectivity index (χ4v) is 2.38. The Kier molecular flexibility index (Phi) is 4.48. The lowest BCUT2D eigenvalue weighted by atomic mass is 10.2. The molecule has 7 heteroatoms. The number of hydrogen-bond acceptors (Lipinski definition) is 3. The van der Waals surface area contributed by atoms with Crippen molar-refractivity contribution in [3.8, 4) is 0 Å². The summed E-state index contributed by atoms with van der Waals surface area (Å²) in [6.07, 6.45) is 0. The van der Waals surface area contributed by atoms with Gasteiger partial charge in [-0.2, -0.15) is 0 Å². The molecule has 3 aromatic rings. The monoisotopic (exact) mass is 346 g/mol. The van der Waals surface area contributed by atoms with Gasteiger partial charge in [0.2, 0.25) is 0 Å². The van der Waals surface area contributed by atoms with Crippen molar-refractivity contribution in [2.45, 2.75) is 0 Å². The molecule has 0 atom stereocenters. The zero-order chi connectivity index (χ0) is 17.1. The van der Waals surface area contributed by atoms with E-state index in [9.17, 15) is 14.0 Å². The van der Waals surface area contributed by atoms with Gasteiger partial charge in [-0.25, -0.2) is 9.18 Å². The molecule has 0 aliphatic heterocycles. The summed E-state index contributed by atoms with van der Waals surface area (Å²) in [6.45, 7) is -0.484. The van der Waals surface area contributed by atoms with Crippen LogP contribution in [-0.2, 0) is 9.53 Å². The second-order valence-electron chi connectivity index (χ2n) is 5.02. The SMILES string of the molecule is O=C(COC(=O)c1cc2ccccc2[nH]1)Nc1ccc(F)cc1Cl. The van der Waals surface area contributed by atoms with Gasteiger partial charge in [0, 0.05) is 10.9 Å². The summed E-state index contributed by atoms with van der Waals surface area (Å²) in [6, 6.07) is 12.6. The number of para-hydroxylation sites is 1. The van der Waals surface area contributed by atoms with Gasteiger partial charge in [-0.3, -0.25) is 4.79 Å². The summed E-state index contributed by atoms with van der Waals surface area (Å²) in [4.78, 5) is 26.7. The molecule has 5 nitrogen and oxygen atoms in total. The van der Waals surface area contributed by atoms with Gasteiger partial charge in [0.05, 0.1) is 10.7 Å². The van der Waals surface area contributed by atoms with Gasteiger partial charge in [-0.05, 0) is 30.3 Å². The molecule has 0 spiro atoms. The van der Waals surface area contributed by atoms with Crippen LogP contribution in [0.1, 0.15) is 10.5 Å². The van der Waals surface area contributed by atoms with E-state index >= 15 is 0 Å². The quantitative estimate of drug-likeness (QED) is 0.707. The minimum absolute atomic E-state index is 0.0605. The molecule has 2 aromatic carbocycles. The molecule has 3 rings (SSSR count). The Morgan fingerprint density at radius 2 is 1.96 bits per heavy atom. The summed E-state index contributed by atoms with van der Waals surface area (Å²) >= 11 is 5.81. The number of esters is 1. The fraction of sp³-hybridized carbons (Fsp3) is 0.0588. The maximum absolute atomic E-state index is 12.9. The van der Waals surface area contributed by atoms with E-state index in [1.54, 1.807) is 6.07 Å². The van der Waals surface area contributed by atoms with Crippen molar-refractivity contribution < 1.29 is 18.7 Å². The van der Waals surface area contributed by atoms with E-state index in [2.05, 4.69) is 10.3 Å². The van der Waals surface area contributed by atoms with Gasteiger partial charge in [-0.1, -0.05) is 29.8 Å². The topological polar surface area (TPSA) is 71.2 Å². The van der Waals surface area contributed by atoms with E-state index in [1.807, 2.05) is 24.3 Å². The van der Waals surface area contributed by atoms with Crippen LogP contribution in [0.5, 0.6) is 0 Å². The zero-order valence-corrected chi connectivity index (χ0v) is 13.1. The summed E-state index contributed by atoms with van der Waals surface area (Å²) in [5.74, 6) is -1.73. The highest BCUT2D eigenvalue weighted by Crippen LogP contribution is 2.22. The number of nitrogens with one attached hydrogen (secondary N) is 2. The van der Waals surface area contributed by atoms with Gasteiger partial charge >= 0.3 is 5.97 Å². The molecule has 1 amide bonds. The van der Waals surface area contributed by atoms with Gasteiger partial charge < -0.3 is 15.0 Å². The molecule has 0 radical (unpaired) electrons. The van der Waals surface area contributed by atoms with Crippen LogP contribution in [0.25, 0.3) is 10.9 Å². The lowest BCUT2D eigenvalue weighted by molar-refractivity contribution is -0.119. The lowest BCUT2D eigenvalue weighted by Gasteiger charge is -2.07. The molecule has 122 valence electrons. The third kappa shape index (κ3) is 3.55. The molecular formula is C17H12ClFN2O3. The Hall–Kier alpha value is -2.86. The summed E-state index contributed by atoms with van der Waals surface area (Å²) in [7, 11) is 0. The molecule has 24 heavy (non-hydrogen) atoms. The Balaban J connectivity index is 1.60. The summed E-state index contributed by atoms with van der Waals surface area (Å²) in [5.41, 5.74) is 1.29. The molecule has 0 aliphatic carbocycles. The molecule has 0 saturated carbocycles. The number of carbonyl (C=O) groups is 2. The largest absolute Gasteiger partial charge is 0.451 e. The molecular weight excluding hydrogens is 335 g/mol. The van der Waals surface area contributed by atoms with E-state index in [1.165, 1.54) is 6.07 Å². The molecule has 0 fully saturated rings. The number of aromatic nitrogens is 1. The number of ether oxygens (including phenoxy) is 1. The third-order valence-electron chi connectivity index (χ3n) is 3.29. The van der Waals surface area contributed by atoms with Crippen molar-refractivity contribution in [3.05, 3.63) is 65.1 Å². The van der Waals surface area contributed by atoms with E-state index < -0.39 is 24.3 Å². The van der Waals surface area contributed by atoms with Crippen LogP contribution in [0.3, 0.4) is 0 Å². The number of aromatic amines is 1. The summed E-state index contributed by atoms with van der Waals surface area (Å²) < 4.78 is 17.9. The lowest BCUT2D eigenvalue weighted by Crippen LogP contribution is -2.21. The van der Waals surface area contributed by atoms with Crippen LogP contribution in [0.15, 0.2) is 48.5 Å². The van der Waals surface area contributed by atoms with Crippen LogP contribution in [0.2, 0.25) is 5.02 Å². The third-order valence-corrected chi connectivity index (χ3v) is 3.60. The Bertz CT molecular complexity index is 890. The standard InChI is InChI=1S/C17H12ClFN2O3/c18-12-8-11(19)5-6-14(12)21-16(22)9-24-17(23)15-7-10-3-1-2-4-13(10)20-15/h1-8,20H,9H2,(H,21,22). The van der Waals surface area contributed by atoms with Crippen molar-refractivity contribution in [1.82, 2.24) is 4.98 Å². The highest BCUT2D eigenvalue weighted by atomic mass is 35.5. The molecule has 1 heterocycles. The van der Waals surface area contributed by atoms with Crippen molar-refractivity contribution in [3.63, 3.8) is 0 Å². The van der Waals surface area contributed by atoms with Gasteiger partial charge in [0.1, 0.15) is 11.5 Å². The minimum Gasteiger partial charge on any atom is -0.451 e. The van der Waals surface area contributed by atoms with E-state index in [0.717, 1.165) is 23.0 Å². The smallest absolute Gasteiger partial charge is 0.355 e. The number of halogens is 2. The number of hydrogen-bond donors (Lipinski definition) is 2. The highest BCUT2D eigenvalue weighted by Gasteiger charge is 2.14. The summed E-state index contributed by atoms with van der Waals surface area (Å²) in [5, 5.41) is 3.37. The number of amides is 1. The Labute approximate surface area is 141 Å². The molecule has 0 unspecified atom stereocenters. The number of anilines is 1. The molecule has 0 bridgehead atoms. The first-order chi connectivity index (χ1) is 11.5. The van der Waals surface area contributed by atoms with Crippen LogP contribution in [0, 0.1) is 5.82 Å². The molecule has 0 saturated heterocycles. The number of rotatable bonds is 4. The highest BCUT2D eigenvalue weighted by molar-refractivity contribution is 6.33. The Morgan fingerprint density at radius 1 is 1.17 bits per heavy atom. The molecule has 1 aromatic heterocycles. The fourth-order valence-electron chi connectivity index (χ4n) is 2.17. The van der Waals surface area contributed by atoms with Crippen LogP contribution in [0.4, 0.5) is 10.1 Å². The number of fused-ring (bicyclic) bond motifs is 1. The number of carbonyl (C=O) groups excluding carboxylic acids is 2. The number of H-pyrrole nitrogens is 1. The van der Waals surface area contributed by atoms with E-state index in [4.69, 9.17) is 16.3 Å². The van der Waals surface area contributed by atoms with Crippen LogP contribution in [-0.4, -0.2) is 23.5 Å². The normalized spacial score (nSPS) is 10.6. The van der Waals surface area contributed by atoms with Crippen molar-refractivity contribution in [2.75, 3.05) is 11.9 Å². The second-order valence-corrected chi connectivity index (χ2v) is 5.43. The van der Waals surface area contributed by atoms with E-state index in [0.29, 0.717) is 0 Å². The first kappa shape index (κ1) is 16.0. The maximum atomic E-state index is 12.9. The molecule has 2 N–H and O–H groups in total. The maximum Gasteiger partial charge on any atom is 0.355 e. The van der Waals surface area contributed by atoms with Crippen LogP contribution < -0.4 is 5.32 Å².